The van der Waals surface area contributed by atoms with E-state index in [0.717, 1.165) is 25.2 Å². The Morgan fingerprint density at radius 3 is 2.08 bits per heavy atom. The molecule has 0 radical (unpaired) electrons. The second-order valence-corrected chi connectivity index (χ2v) is 8.41. The van der Waals surface area contributed by atoms with Crippen LogP contribution in [0.4, 0.5) is 0 Å². The lowest BCUT2D eigenvalue weighted by Gasteiger charge is -2.24. The molecule has 2 fully saturated rings. The molecule has 0 aliphatic heterocycles. The van der Waals surface area contributed by atoms with Crippen molar-refractivity contribution in [3.8, 4) is 0 Å². The number of hydrogen-bond acceptors (Lipinski definition) is 4. The summed E-state index contributed by atoms with van der Waals surface area (Å²) in [6.07, 6.45) is 16.5. The van der Waals surface area contributed by atoms with Crippen molar-refractivity contribution < 1.29 is 19.1 Å². The third kappa shape index (κ3) is 9.05. The fourth-order valence-corrected chi connectivity index (χ4v) is 4.53. The minimum absolute atomic E-state index is 0.0443. The zero-order valence-corrected chi connectivity index (χ0v) is 16.7. The lowest BCUT2D eigenvalue weighted by molar-refractivity contribution is -0.153. The average molecular weight is 367 g/mol. The number of ether oxygens (including phenoxy) is 2. The first kappa shape index (κ1) is 21.2. The van der Waals surface area contributed by atoms with E-state index in [1.807, 2.05) is 6.92 Å². The number of rotatable bonds is 10. The number of carbonyl (C=O) groups is 2. The summed E-state index contributed by atoms with van der Waals surface area (Å²) in [5.41, 5.74) is 0. The van der Waals surface area contributed by atoms with Gasteiger partial charge in [-0.15, -0.1) is 0 Å². The molecule has 2 aliphatic rings. The Hall–Kier alpha value is -1.06. The molecule has 4 heteroatoms. The molecule has 0 aromatic rings. The first-order valence-corrected chi connectivity index (χ1v) is 11.0. The molecule has 0 heterocycles. The SMILES string of the molecule is CC(CC1CCCCC1)OC(=O)CCC(=O)OCCCC1CCCCC1. The van der Waals surface area contributed by atoms with Gasteiger partial charge in [0.1, 0.15) is 0 Å². The normalized spacial score (nSPS) is 20.5. The van der Waals surface area contributed by atoms with Crippen LogP contribution in [0.15, 0.2) is 0 Å². The molecule has 150 valence electrons. The molecule has 0 spiro atoms. The lowest BCUT2D eigenvalue weighted by atomic mass is 9.86. The number of carbonyl (C=O) groups excluding carboxylic acids is 2. The fraction of sp³-hybridized carbons (Fsp3) is 0.909. The monoisotopic (exact) mass is 366 g/mol. The van der Waals surface area contributed by atoms with Gasteiger partial charge in [-0.2, -0.15) is 0 Å². The van der Waals surface area contributed by atoms with E-state index in [-0.39, 0.29) is 30.9 Å². The smallest absolute Gasteiger partial charge is 0.306 e. The summed E-state index contributed by atoms with van der Waals surface area (Å²) in [5, 5.41) is 0. The first-order valence-electron chi connectivity index (χ1n) is 11.0. The Morgan fingerprint density at radius 2 is 1.42 bits per heavy atom. The molecule has 26 heavy (non-hydrogen) atoms. The van der Waals surface area contributed by atoms with E-state index in [2.05, 4.69) is 0 Å². The minimum atomic E-state index is -0.273. The van der Waals surface area contributed by atoms with Crippen molar-refractivity contribution in [2.75, 3.05) is 6.61 Å². The van der Waals surface area contributed by atoms with Crippen molar-refractivity contribution in [1.82, 2.24) is 0 Å². The van der Waals surface area contributed by atoms with Crippen molar-refractivity contribution in [3.63, 3.8) is 0 Å². The van der Waals surface area contributed by atoms with Gasteiger partial charge in [-0.05, 0) is 38.0 Å². The Bertz CT molecular complexity index is 408. The standard InChI is InChI=1S/C22H38O4/c1-18(17-20-11-6-3-7-12-20)26-22(24)15-14-21(23)25-16-8-13-19-9-4-2-5-10-19/h18-20H,2-17H2,1H3. The topological polar surface area (TPSA) is 52.6 Å². The van der Waals surface area contributed by atoms with Crippen LogP contribution in [0.5, 0.6) is 0 Å². The van der Waals surface area contributed by atoms with Gasteiger partial charge in [0.2, 0.25) is 0 Å². The lowest BCUT2D eigenvalue weighted by Crippen LogP contribution is -2.20. The van der Waals surface area contributed by atoms with E-state index in [1.54, 1.807) is 0 Å². The molecule has 0 bridgehead atoms. The molecule has 0 aromatic heterocycles. The molecule has 1 unspecified atom stereocenters. The van der Waals surface area contributed by atoms with Gasteiger partial charge in [0.15, 0.2) is 0 Å². The molecule has 2 rings (SSSR count). The van der Waals surface area contributed by atoms with Crippen LogP contribution >= 0.6 is 0 Å². The van der Waals surface area contributed by atoms with E-state index in [0.29, 0.717) is 12.5 Å². The summed E-state index contributed by atoms with van der Waals surface area (Å²) in [6, 6.07) is 0. The molecule has 4 nitrogen and oxygen atoms in total. The predicted molar refractivity (Wildman–Crippen MR) is 103 cm³/mol. The van der Waals surface area contributed by atoms with Crippen LogP contribution in [0.3, 0.4) is 0 Å². The van der Waals surface area contributed by atoms with E-state index in [9.17, 15) is 9.59 Å². The zero-order valence-electron chi connectivity index (χ0n) is 16.7. The minimum Gasteiger partial charge on any atom is -0.466 e. The van der Waals surface area contributed by atoms with E-state index in [4.69, 9.17) is 9.47 Å². The Balaban J connectivity index is 1.47. The molecular formula is C22H38O4. The highest BCUT2D eigenvalue weighted by Crippen LogP contribution is 2.28. The zero-order chi connectivity index (χ0) is 18.6. The van der Waals surface area contributed by atoms with Gasteiger partial charge in [-0.3, -0.25) is 9.59 Å². The van der Waals surface area contributed by atoms with Gasteiger partial charge < -0.3 is 9.47 Å². The summed E-state index contributed by atoms with van der Waals surface area (Å²) in [4.78, 5) is 23.7. The number of esters is 2. The van der Waals surface area contributed by atoms with Crippen molar-refractivity contribution in [3.05, 3.63) is 0 Å². The van der Waals surface area contributed by atoms with Crippen LogP contribution in [-0.4, -0.2) is 24.6 Å². The number of hydrogen-bond donors (Lipinski definition) is 0. The van der Waals surface area contributed by atoms with E-state index >= 15 is 0 Å². The van der Waals surface area contributed by atoms with Gasteiger partial charge in [-0.1, -0.05) is 64.2 Å². The van der Waals surface area contributed by atoms with Crippen molar-refractivity contribution >= 4 is 11.9 Å². The van der Waals surface area contributed by atoms with E-state index < -0.39 is 0 Å². The van der Waals surface area contributed by atoms with Crippen LogP contribution in [-0.2, 0) is 19.1 Å². The Morgan fingerprint density at radius 1 is 0.846 bits per heavy atom. The maximum atomic E-state index is 11.9. The Kier molecular flexibility index (Phi) is 10.1. The summed E-state index contributed by atoms with van der Waals surface area (Å²) in [7, 11) is 0. The summed E-state index contributed by atoms with van der Waals surface area (Å²) in [6.45, 7) is 2.46. The van der Waals surface area contributed by atoms with Crippen molar-refractivity contribution in [2.24, 2.45) is 11.8 Å². The quantitative estimate of drug-likeness (QED) is 0.374. The first-order chi connectivity index (χ1) is 12.6. The van der Waals surface area contributed by atoms with Crippen LogP contribution in [0.2, 0.25) is 0 Å². The summed E-state index contributed by atoms with van der Waals surface area (Å²) < 4.78 is 10.7. The Labute approximate surface area is 159 Å². The molecule has 2 saturated carbocycles. The summed E-state index contributed by atoms with van der Waals surface area (Å²) in [5.74, 6) is 0.974. The van der Waals surface area contributed by atoms with Crippen molar-refractivity contribution in [2.45, 2.75) is 109 Å². The second-order valence-electron chi connectivity index (χ2n) is 8.41. The van der Waals surface area contributed by atoms with Gasteiger partial charge in [0, 0.05) is 0 Å². The largest absolute Gasteiger partial charge is 0.466 e. The van der Waals surface area contributed by atoms with Crippen LogP contribution in [0.25, 0.3) is 0 Å². The molecule has 0 aromatic carbocycles. The molecule has 2 aliphatic carbocycles. The maximum Gasteiger partial charge on any atom is 0.306 e. The van der Waals surface area contributed by atoms with Crippen molar-refractivity contribution in [1.29, 1.82) is 0 Å². The highest BCUT2D eigenvalue weighted by Gasteiger charge is 2.19. The molecule has 0 saturated heterocycles. The van der Waals surface area contributed by atoms with Crippen LogP contribution < -0.4 is 0 Å². The predicted octanol–water partition coefficient (Wildman–Crippen LogP) is 5.57. The summed E-state index contributed by atoms with van der Waals surface area (Å²) >= 11 is 0. The van der Waals surface area contributed by atoms with E-state index in [1.165, 1.54) is 64.2 Å². The van der Waals surface area contributed by atoms with Gasteiger partial charge in [-0.25, -0.2) is 0 Å². The molecular weight excluding hydrogens is 328 g/mol. The van der Waals surface area contributed by atoms with Gasteiger partial charge >= 0.3 is 11.9 Å². The maximum absolute atomic E-state index is 11.9. The molecule has 0 amide bonds. The fourth-order valence-electron chi connectivity index (χ4n) is 4.53. The van der Waals surface area contributed by atoms with Crippen LogP contribution in [0, 0.1) is 11.8 Å². The van der Waals surface area contributed by atoms with Crippen LogP contribution in [0.1, 0.15) is 103 Å². The highest BCUT2D eigenvalue weighted by atomic mass is 16.5. The van der Waals surface area contributed by atoms with Gasteiger partial charge in [0.25, 0.3) is 0 Å². The average Bonchev–Trinajstić information content (AvgIpc) is 2.65. The third-order valence-corrected chi connectivity index (χ3v) is 6.00. The molecule has 0 N–H and O–H groups in total. The second kappa shape index (κ2) is 12.3. The molecule has 1 atom stereocenters. The van der Waals surface area contributed by atoms with Gasteiger partial charge in [0.05, 0.1) is 25.6 Å². The highest BCUT2D eigenvalue weighted by molar-refractivity contribution is 5.77. The third-order valence-electron chi connectivity index (χ3n) is 6.00.